The highest BCUT2D eigenvalue weighted by molar-refractivity contribution is 6.06. The van der Waals surface area contributed by atoms with Gasteiger partial charge in [-0.2, -0.15) is 0 Å². The Morgan fingerprint density at radius 3 is 0.842 bits per heavy atom. The molecule has 0 unspecified atom stereocenters. The zero-order chi connectivity index (χ0) is 25.1. The molecule has 0 saturated carbocycles. The first-order valence-corrected chi connectivity index (χ1v) is 13.0. The number of rotatable bonds is 0. The van der Waals surface area contributed by atoms with Crippen molar-refractivity contribution in [2.75, 3.05) is 0 Å². The van der Waals surface area contributed by atoms with Crippen molar-refractivity contribution in [1.29, 1.82) is 0 Å². The lowest BCUT2D eigenvalue weighted by atomic mass is 9.98. The van der Waals surface area contributed by atoms with Crippen LogP contribution in [0.1, 0.15) is 11.1 Å². The van der Waals surface area contributed by atoms with E-state index in [1.54, 1.807) is 0 Å². The molecule has 0 aliphatic carbocycles. The maximum atomic E-state index is 3.41. The standard InChI is InChI=1S/C38H22/c1-3-7-29-19-37-23-33-15-25(11-13-31(33)21-35(37)17-27(29)5-1)9-10-26-12-14-32-22-36-18-28-6-2-4-8-30(28)20-38(36)24-34(32)16-26/h1-8,11-24H. The Morgan fingerprint density at radius 2 is 0.500 bits per heavy atom. The topological polar surface area (TPSA) is 0 Å². The summed E-state index contributed by atoms with van der Waals surface area (Å²) in [5, 5.41) is 15.1. The third-order valence-corrected chi connectivity index (χ3v) is 7.67. The molecule has 0 fully saturated rings. The van der Waals surface area contributed by atoms with Gasteiger partial charge in [-0.05, 0) is 137 Å². The molecule has 0 aromatic heterocycles. The second-order valence-electron chi connectivity index (χ2n) is 10.2. The lowest BCUT2D eigenvalue weighted by molar-refractivity contribution is 1.69. The molecule has 0 nitrogen and oxygen atoms in total. The number of hydrogen-bond donors (Lipinski definition) is 0. The molecule has 8 rings (SSSR count). The van der Waals surface area contributed by atoms with Crippen molar-refractivity contribution in [1.82, 2.24) is 0 Å². The first-order chi connectivity index (χ1) is 18.7. The monoisotopic (exact) mass is 478 g/mol. The van der Waals surface area contributed by atoms with Crippen molar-refractivity contribution in [2.45, 2.75) is 0 Å². The molecular weight excluding hydrogens is 456 g/mol. The van der Waals surface area contributed by atoms with Crippen LogP contribution < -0.4 is 0 Å². The minimum Gasteiger partial charge on any atom is -0.0616 e. The SMILES string of the molecule is C(#Cc1ccc2cc3cc4ccccc4cc3cc2c1)c1ccc2cc3cc4ccccc4cc3cc2c1. The Balaban J connectivity index is 1.18. The highest BCUT2D eigenvalue weighted by Crippen LogP contribution is 2.29. The van der Waals surface area contributed by atoms with Crippen molar-refractivity contribution in [2.24, 2.45) is 0 Å². The highest BCUT2D eigenvalue weighted by atomic mass is 14.1. The van der Waals surface area contributed by atoms with E-state index < -0.39 is 0 Å². The van der Waals surface area contributed by atoms with E-state index in [2.05, 4.69) is 145 Å². The van der Waals surface area contributed by atoms with Crippen molar-refractivity contribution in [3.8, 4) is 11.8 Å². The Hall–Kier alpha value is -5.12. The van der Waals surface area contributed by atoms with E-state index in [0.717, 1.165) is 11.1 Å². The molecule has 0 spiro atoms. The largest absolute Gasteiger partial charge is 0.0616 e. The van der Waals surface area contributed by atoms with E-state index in [0.29, 0.717) is 0 Å². The molecule has 0 aliphatic rings. The maximum absolute atomic E-state index is 3.41. The fourth-order valence-corrected chi connectivity index (χ4v) is 5.68. The van der Waals surface area contributed by atoms with Crippen molar-refractivity contribution < 1.29 is 0 Å². The summed E-state index contributed by atoms with van der Waals surface area (Å²) in [6.07, 6.45) is 0. The molecule has 0 atom stereocenters. The van der Waals surface area contributed by atoms with Gasteiger partial charge in [0.1, 0.15) is 0 Å². The van der Waals surface area contributed by atoms with Crippen molar-refractivity contribution in [3.05, 3.63) is 145 Å². The average molecular weight is 479 g/mol. The van der Waals surface area contributed by atoms with Gasteiger partial charge in [-0.1, -0.05) is 72.5 Å². The van der Waals surface area contributed by atoms with Gasteiger partial charge in [0.25, 0.3) is 0 Å². The van der Waals surface area contributed by atoms with Crippen LogP contribution in [0.5, 0.6) is 0 Å². The van der Waals surface area contributed by atoms with Gasteiger partial charge in [-0.3, -0.25) is 0 Å². The van der Waals surface area contributed by atoms with Crippen LogP contribution in [-0.4, -0.2) is 0 Å². The molecule has 0 aliphatic heterocycles. The predicted octanol–water partition coefficient (Wildman–Crippen LogP) is 10.0. The van der Waals surface area contributed by atoms with Gasteiger partial charge in [0.15, 0.2) is 0 Å². The minimum atomic E-state index is 1.03. The second-order valence-corrected chi connectivity index (χ2v) is 10.2. The Morgan fingerprint density at radius 1 is 0.237 bits per heavy atom. The number of fused-ring (bicyclic) bond motifs is 6. The molecule has 174 valence electrons. The molecule has 38 heavy (non-hydrogen) atoms. The predicted molar refractivity (Wildman–Crippen MR) is 164 cm³/mol. The van der Waals surface area contributed by atoms with E-state index in [-0.39, 0.29) is 0 Å². The third kappa shape index (κ3) is 3.57. The van der Waals surface area contributed by atoms with Crippen LogP contribution in [0.25, 0.3) is 64.6 Å². The van der Waals surface area contributed by atoms with Crippen LogP contribution in [0.15, 0.2) is 133 Å². The second kappa shape index (κ2) is 8.20. The van der Waals surface area contributed by atoms with Crippen LogP contribution in [0.4, 0.5) is 0 Å². The first-order valence-electron chi connectivity index (χ1n) is 13.0. The van der Waals surface area contributed by atoms with E-state index in [4.69, 9.17) is 0 Å². The van der Waals surface area contributed by atoms with Gasteiger partial charge in [-0.25, -0.2) is 0 Å². The molecule has 0 saturated heterocycles. The average Bonchev–Trinajstić information content (AvgIpc) is 2.95. The van der Waals surface area contributed by atoms with Crippen molar-refractivity contribution in [3.63, 3.8) is 0 Å². The van der Waals surface area contributed by atoms with Crippen LogP contribution in [-0.2, 0) is 0 Å². The van der Waals surface area contributed by atoms with Gasteiger partial charge in [-0.15, -0.1) is 0 Å². The van der Waals surface area contributed by atoms with Gasteiger partial charge >= 0.3 is 0 Å². The Labute approximate surface area is 220 Å². The Kier molecular flexibility index (Phi) is 4.54. The molecule has 0 heterocycles. The fourth-order valence-electron chi connectivity index (χ4n) is 5.68. The summed E-state index contributed by atoms with van der Waals surface area (Å²) in [5.41, 5.74) is 2.06. The molecule has 0 N–H and O–H groups in total. The fraction of sp³-hybridized carbons (Fsp3) is 0. The number of benzene rings is 8. The zero-order valence-corrected chi connectivity index (χ0v) is 20.7. The molecular formula is C38H22. The van der Waals surface area contributed by atoms with Gasteiger partial charge in [0.2, 0.25) is 0 Å². The Bertz CT molecular complexity index is 2130. The van der Waals surface area contributed by atoms with E-state index >= 15 is 0 Å². The van der Waals surface area contributed by atoms with E-state index in [1.807, 2.05) is 0 Å². The lowest BCUT2D eigenvalue weighted by Gasteiger charge is -2.06. The van der Waals surface area contributed by atoms with E-state index in [9.17, 15) is 0 Å². The smallest absolute Gasteiger partial charge is 0.0255 e. The highest BCUT2D eigenvalue weighted by Gasteiger charge is 2.04. The van der Waals surface area contributed by atoms with Crippen molar-refractivity contribution >= 4 is 64.6 Å². The maximum Gasteiger partial charge on any atom is 0.0255 e. The minimum absolute atomic E-state index is 1.03. The van der Waals surface area contributed by atoms with Crippen LogP contribution >= 0.6 is 0 Å². The summed E-state index contributed by atoms with van der Waals surface area (Å²) >= 11 is 0. The quantitative estimate of drug-likeness (QED) is 0.150. The normalized spacial score (nSPS) is 11.5. The summed E-state index contributed by atoms with van der Waals surface area (Å²) in [7, 11) is 0. The summed E-state index contributed by atoms with van der Waals surface area (Å²) in [4.78, 5) is 0. The van der Waals surface area contributed by atoms with Gasteiger partial charge in [0, 0.05) is 11.1 Å². The van der Waals surface area contributed by atoms with Crippen LogP contribution in [0, 0.1) is 11.8 Å². The summed E-state index contributed by atoms with van der Waals surface area (Å²) in [6, 6.07) is 48.4. The molecule has 0 amide bonds. The van der Waals surface area contributed by atoms with Gasteiger partial charge < -0.3 is 0 Å². The van der Waals surface area contributed by atoms with E-state index in [1.165, 1.54) is 64.6 Å². The number of hydrogen-bond acceptors (Lipinski definition) is 0. The third-order valence-electron chi connectivity index (χ3n) is 7.67. The van der Waals surface area contributed by atoms with Gasteiger partial charge in [0.05, 0.1) is 0 Å². The molecule has 8 aromatic rings. The lowest BCUT2D eigenvalue weighted by Crippen LogP contribution is -1.82. The molecule has 0 heteroatoms. The molecule has 0 bridgehead atoms. The first kappa shape index (κ1) is 21.0. The molecule has 0 radical (unpaired) electrons. The molecule has 8 aromatic carbocycles. The zero-order valence-electron chi connectivity index (χ0n) is 20.7. The summed E-state index contributed by atoms with van der Waals surface area (Å²) < 4.78 is 0. The van der Waals surface area contributed by atoms with Crippen LogP contribution in [0.3, 0.4) is 0 Å². The summed E-state index contributed by atoms with van der Waals surface area (Å²) in [5.74, 6) is 6.81. The summed E-state index contributed by atoms with van der Waals surface area (Å²) in [6.45, 7) is 0. The van der Waals surface area contributed by atoms with Crippen LogP contribution in [0.2, 0.25) is 0 Å².